The molecule has 0 aliphatic heterocycles. The van der Waals surface area contributed by atoms with Crippen molar-refractivity contribution in [2.45, 2.75) is 44.9 Å². The number of hydrogen-bond acceptors (Lipinski definition) is 2. The van der Waals surface area contributed by atoms with Crippen molar-refractivity contribution in [3.05, 3.63) is 58.7 Å². The highest BCUT2D eigenvalue weighted by Gasteiger charge is 2.42. The standard InChI is InChI=1S/C21H22O4/c1-3-9-21(10-4-2)17-11-13(19(22)23)5-7-15(17)16-8-6-14(20(24)25)12-18(16)21/h5-8,11-12H,3-4,9-10H2,1-2H3,(H,22,23)(H,24,25). The van der Waals surface area contributed by atoms with Crippen LogP contribution in [-0.4, -0.2) is 22.2 Å². The van der Waals surface area contributed by atoms with Crippen LogP contribution in [-0.2, 0) is 5.41 Å². The van der Waals surface area contributed by atoms with Crippen LogP contribution < -0.4 is 0 Å². The second-order valence-corrected chi connectivity index (χ2v) is 6.71. The minimum Gasteiger partial charge on any atom is -0.478 e. The molecule has 0 saturated heterocycles. The number of rotatable bonds is 6. The van der Waals surface area contributed by atoms with E-state index in [2.05, 4.69) is 13.8 Å². The second-order valence-electron chi connectivity index (χ2n) is 6.71. The van der Waals surface area contributed by atoms with E-state index >= 15 is 0 Å². The lowest BCUT2D eigenvalue weighted by Gasteiger charge is -2.32. The largest absolute Gasteiger partial charge is 0.478 e. The number of carboxylic acid groups (broad SMARTS) is 2. The van der Waals surface area contributed by atoms with Gasteiger partial charge in [0.15, 0.2) is 0 Å². The number of fused-ring (bicyclic) bond motifs is 3. The van der Waals surface area contributed by atoms with Crippen LogP contribution in [0.25, 0.3) is 11.1 Å². The van der Waals surface area contributed by atoms with Crippen LogP contribution in [0, 0.1) is 0 Å². The van der Waals surface area contributed by atoms with Crippen LogP contribution in [0.3, 0.4) is 0 Å². The molecule has 2 N–H and O–H groups in total. The molecule has 0 heterocycles. The quantitative estimate of drug-likeness (QED) is 0.781. The van der Waals surface area contributed by atoms with Crippen LogP contribution in [0.15, 0.2) is 36.4 Å². The fourth-order valence-corrected chi connectivity index (χ4v) is 4.28. The molecule has 0 unspecified atom stereocenters. The topological polar surface area (TPSA) is 74.6 Å². The highest BCUT2D eigenvalue weighted by molar-refractivity contribution is 5.93. The lowest BCUT2D eigenvalue weighted by Crippen LogP contribution is -2.25. The van der Waals surface area contributed by atoms with Gasteiger partial charge in [-0.3, -0.25) is 0 Å². The molecule has 2 aromatic carbocycles. The zero-order valence-electron chi connectivity index (χ0n) is 14.5. The molecule has 0 fully saturated rings. The Labute approximate surface area is 147 Å². The van der Waals surface area contributed by atoms with E-state index in [4.69, 9.17) is 0 Å². The van der Waals surface area contributed by atoms with Gasteiger partial charge in [-0.25, -0.2) is 9.59 Å². The Morgan fingerprint density at radius 2 is 1.20 bits per heavy atom. The SMILES string of the molecule is CCCC1(CCC)c2cc(C(=O)O)ccc2-c2ccc(C(=O)O)cc21. The number of benzene rings is 2. The maximum absolute atomic E-state index is 11.5. The van der Waals surface area contributed by atoms with Gasteiger partial charge in [0, 0.05) is 5.41 Å². The third-order valence-electron chi connectivity index (χ3n) is 5.21. The maximum Gasteiger partial charge on any atom is 0.335 e. The van der Waals surface area contributed by atoms with Gasteiger partial charge in [0.05, 0.1) is 11.1 Å². The van der Waals surface area contributed by atoms with E-state index in [9.17, 15) is 19.8 Å². The van der Waals surface area contributed by atoms with Crippen molar-refractivity contribution in [2.24, 2.45) is 0 Å². The minimum atomic E-state index is -0.938. The molecule has 4 nitrogen and oxygen atoms in total. The zero-order chi connectivity index (χ0) is 18.2. The summed E-state index contributed by atoms with van der Waals surface area (Å²) in [6.07, 6.45) is 3.61. The van der Waals surface area contributed by atoms with Crippen molar-refractivity contribution in [2.75, 3.05) is 0 Å². The van der Waals surface area contributed by atoms with E-state index in [0.29, 0.717) is 0 Å². The molecule has 2 aromatic rings. The molecule has 3 rings (SSSR count). The third kappa shape index (κ3) is 2.62. The molecule has 4 heteroatoms. The van der Waals surface area contributed by atoms with E-state index in [1.807, 2.05) is 12.1 Å². The van der Waals surface area contributed by atoms with E-state index in [-0.39, 0.29) is 16.5 Å². The van der Waals surface area contributed by atoms with Crippen LogP contribution in [0.5, 0.6) is 0 Å². The van der Waals surface area contributed by atoms with Crippen LogP contribution in [0.1, 0.15) is 71.4 Å². The molecule has 0 spiro atoms. The summed E-state index contributed by atoms with van der Waals surface area (Å²) in [6, 6.07) is 10.6. The van der Waals surface area contributed by atoms with Crippen LogP contribution in [0.2, 0.25) is 0 Å². The fourth-order valence-electron chi connectivity index (χ4n) is 4.28. The van der Waals surface area contributed by atoms with Crippen molar-refractivity contribution in [3.8, 4) is 11.1 Å². The minimum absolute atomic E-state index is 0.279. The van der Waals surface area contributed by atoms with E-state index in [0.717, 1.165) is 47.9 Å². The van der Waals surface area contributed by atoms with Gasteiger partial charge >= 0.3 is 11.9 Å². The first kappa shape index (κ1) is 17.2. The summed E-state index contributed by atoms with van der Waals surface area (Å²) in [5.41, 5.74) is 4.34. The lowest BCUT2D eigenvalue weighted by atomic mass is 9.71. The predicted octanol–water partition coefficient (Wildman–Crippen LogP) is 4.95. The van der Waals surface area contributed by atoms with Gasteiger partial charge in [-0.1, -0.05) is 38.8 Å². The Morgan fingerprint density at radius 3 is 1.52 bits per heavy atom. The van der Waals surface area contributed by atoms with E-state index in [1.54, 1.807) is 24.3 Å². The monoisotopic (exact) mass is 338 g/mol. The molecular weight excluding hydrogens is 316 g/mol. The van der Waals surface area contributed by atoms with Crippen molar-refractivity contribution >= 4 is 11.9 Å². The Morgan fingerprint density at radius 1 is 0.800 bits per heavy atom. The average molecular weight is 338 g/mol. The molecule has 0 aromatic heterocycles. The highest BCUT2D eigenvalue weighted by atomic mass is 16.4. The molecule has 0 bridgehead atoms. The summed E-state index contributed by atoms with van der Waals surface area (Å²) in [7, 11) is 0. The third-order valence-corrected chi connectivity index (χ3v) is 5.21. The summed E-state index contributed by atoms with van der Waals surface area (Å²) in [5.74, 6) is -1.88. The molecule has 25 heavy (non-hydrogen) atoms. The summed E-state index contributed by atoms with van der Waals surface area (Å²) >= 11 is 0. The summed E-state index contributed by atoms with van der Waals surface area (Å²) in [5, 5.41) is 18.8. The summed E-state index contributed by atoms with van der Waals surface area (Å²) in [4.78, 5) is 22.9. The Bertz CT molecular complexity index is 779. The molecule has 1 aliphatic carbocycles. The first-order chi connectivity index (χ1) is 11.9. The van der Waals surface area contributed by atoms with Crippen molar-refractivity contribution < 1.29 is 19.8 Å². The molecule has 1 aliphatic rings. The highest BCUT2D eigenvalue weighted by Crippen LogP contribution is 2.54. The van der Waals surface area contributed by atoms with Gasteiger partial charge in [-0.15, -0.1) is 0 Å². The average Bonchev–Trinajstić information content (AvgIpc) is 2.85. The number of aromatic carboxylic acids is 2. The van der Waals surface area contributed by atoms with Gasteiger partial charge in [-0.05, 0) is 59.4 Å². The van der Waals surface area contributed by atoms with Crippen molar-refractivity contribution in [1.29, 1.82) is 0 Å². The van der Waals surface area contributed by atoms with Gasteiger partial charge in [0.25, 0.3) is 0 Å². The maximum atomic E-state index is 11.5. The predicted molar refractivity (Wildman–Crippen MR) is 96.4 cm³/mol. The smallest absolute Gasteiger partial charge is 0.335 e. The fraction of sp³-hybridized carbons (Fsp3) is 0.333. The second kappa shape index (κ2) is 6.36. The molecule has 0 saturated carbocycles. The number of hydrogen-bond donors (Lipinski definition) is 2. The zero-order valence-corrected chi connectivity index (χ0v) is 14.5. The van der Waals surface area contributed by atoms with Crippen LogP contribution >= 0.6 is 0 Å². The molecular formula is C21H22O4. The van der Waals surface area contributed by atoms with Gasteiger partial charge in [0.1, 0.15) is 0 Å². The molecule has 0 radical (unpaired) electrons. The first-order valence-corrected chi connectivity index (χ1v) is 8.70. The Kier molecular flexibility index (Phi) is 4.38. The number of carboxylic acids is 2. The molecule has 0 atom stereocenters. The van der Waals surface area contributed by atoms with Gasteiger partial charge in [0.2, 0.25) is 0 Å². The van der Waals surface area contributed by atoms with Crippen molar-refractivity contribution in [3.63, 3.8) is 0 Å². The van der Waals surface area contributed by atoms with Crippen molar-refractivity contribution in [1.82, 2.24) is 0 Å². The summed E-state index contributed by atoms with van der Waals surface area (Å²) in [6.45, 7) is 4.22. The van der Waals surface area contributed by atoms with Gasteiger partial charge in [-0.2, -0.15) is 0 Å². The normalized spacial score (nSPS) is 14.0. The van der Waals surface area contributed by atoms with Gasteiger partial charge < -0.3 is 10.2 Å². The summed E-state index contributed by atoms with van der Waals surface area (Å²) < 4.78 is 0. The first-order valence-electron chi connectivity index (χ1n) is 8.70. The van der Waals surface area contributed by atoms with E-state index in [1.165, 1.54) is 0 Å². The Balaban J connectivity index is 2.32. The van der Waals surface area contributed by atoms with E-state index < -0.39 is 11.9 Å². The molecule has 0 amide bonds. The Hall–Kier alpha value is -2.62. The lowest BCUT2D eigenvalue weighted by molar-refractivity contribution is 0.0686. The number of carbonyl (C=O) groups is 2. The van der Waals surface area contributed by atoms with Crippen LogP contribution in [0.4, 0.5) is 0 Å². The molecule has 130 valence electrons.